The molecule has 7 nitrogen and oxygen atoms in total. The number of hydrogen-bond acceptors (Lipinski definition) is 6. The Morgan fingerprint density at radius 3 is 2.59 bits per heavy atom. The molecule has 0 aliphatic carbocycles. The fraction of sp³-hybridized carbons (Fsp3) is 0.367. The predicted octanol–water partition coefficient (Wildman–Crippen LogP) is 3.65. The predicted molar refractivity (Wildman–Crippen MR) is 150 cm³/mol. The molecule has 2 amide bonds. The van der Waals surface area contributed by atoms with Crippen LogP contribution in [0.1, 0.15) is 12.0 Å². The average molecular weight is 565 g/mol. The summed E-state index contributed by atoms with van der Waals surface area (Å²) in [7, 11) is 0. The molecule has 4 aliphatic rings. The number of amides is 2. The summed E-state index contributed by atoms with van der Waals surface area (Å²) in [4.78, 5) is 45.5. The molecule has 0 bridgehead atoms. The van der Waals surface area contributed by atoms with E-state index in [9.17, 15) is 19.5 Å². The number of cyclic esters (lactones) is 1. The molecule has 4 aliphatic heterocycles. The third-order valence-corrected chi connectivity index (χ3v) is 10.2. The molecule has 0 saturated carbocycles. The Morgan fingerprint density at radius 2 is 1.82 bits per heavy atom. The summed E-state index contributed by atoms with van der Waals surface area (Å²) in [5.41, 5.74) is 1.49. The molecule has 0 radical (unpaired) electrons. The minimum Gasteiger partial charge on any atom is -0.465 e. The molecule has 39 heavy (non-hydrogen) atoms. The molecule has 1 unspecified atom stereocenters. The second-order valence-corrected chi connectivity index (χ2v) is 12.2. The van der Waals surface area contributed by atoms with E-state index in [1.807, 2.05) is 60.7 Å². The molecule has 1 spiro atoms. The van der Waals surface area contributed by atoms with Crippen LogP contribution in [0.5, 0.6) is 0 Å². The van der Waals surface area contributed by atoms with E-state index in [-0.39, 0.29) is 36.8 Å². The Bertz CT molecular complexity index is 1350. The third kappa shape index (κ3) is 4.29. The van der Waals surface area contributed by atoms with Gasteiger partial charge in [-0.15, -0.1) is 11.8 Å². The smallest absolute Gasteiger partial charge is 0.311 e. The van der Waals surface area contributed by atoms with Crippen LogP contribution < -0.4 is 4.90 Å². The quantitative estimate of drug-likeness (QED) is 0.441. The van der Waals surface area contributed by atoms with Gasteiger partial charge in [-0.2, -0.15) is 0 Å². The van der Waals surface area contributed by atoms with Gasteiger partial charge in [-0.05, 0) is 30.5 Å². The minimum atomic E-state index is -1.00. The van der Waals surface area contributed by atoms with Gasteiger partial charge >= 0.3 is 5.97 Å². The first-order chi connectivity index (χ1) is 19.0. The first-order valence-electron chi connectivity index (χ1n) is 13.2. The number of carbonyl (C=O) groups is 3. The molecule has 2 saturated heterocycles. The van der Waals surface area contributed by atoms with Crippen molar-refractivity contribution in [2.24, 2.45) is 11.8 Å². The highest BCUT2D eigenvalue weighted by Gasteiger charge is 2.71. The number of benzene rings is 2. The van der Waals surface area contributed by atoms with Crippen molar-refractivity contribution in [2.75, 3.05) is 24.7 Å². The molecule has 2 aromatic carbocycles. The maximum absolute atomic E-state index is 14.6. The van der Waals surface area contributed by atoms with Crippen LogP contribution in [0, 0.1) is 11.8 Å². The minimum absolute atomic E-state index is 0.257. The van der Waals surface area contributed by atoms with E-state index in [2.05, 4.69) is 0 Å². The van der Waals surface area contributed by atoms with Crippen LogP contribution in [0.2, 0.25) is 5.02 Å². The van der Waals surface area contributed by atoms with Gasteiger partial charge in [0.25, 0.3) is 5.91 Å². The molecule has 4 heterocycles. The maximum Gasteiger partial charge on any atom is 0.311 e. The molecular formula is C30H29ClN2O5S. The van der Waals surface area contributed by atoms with Crippen molar-refractivity contribution in [3.63, 3.8) is 0 Å². The van der Waals surface area contributed by atoms with Gasteiger partial charge in [0.1, 0.15) is 6.04 Å². The molecule has 202 valence electrons. The normalized spacial score (nSPS) is 30.7. The number of halogens is 1. The van der Waals surface area contributed by atoms with Gasteiger partial charge in [0.05, 0.1) is 46.5 Å². The van der Waals surface area contributed by atoms with E-state index in [1.165, 1.54) is 11.8 Å². The standard InChI is InChI=1S/C30H29ClN2O5S/c31-21-11-4-5-12-22(21)32-15-8-14-30-25(24-23(39-30)13-6-7-16-38-29(24)37)27(35)33(26(30)28(32)36)20(18-34)17-19-9-2-1-3-10-19/h1-6,8-14,20,23-26,34H,7,15-18H2/t20-,23+,24-,25+,26?,30+/m1/s1. The summed E-state index contributed by atoms with van der Waals surface area (Å²) in [6.07, 6.45) is 8.79. The maximum atomic E-state index is 14.6. The summed E-state index contributed by atoms with van der Waals surface area (Å²) < 4.78 is 4.55. The van der Waals surface area contributed by atoms with Crippen molar-refractivity contribution in [1.29, 1.82) is 0 Å². The summed E-state index contributed by atoms with van der Waals surface area (Å²) in [6, 6.07) is 15.1. The van der Waals surface area contributed by atoms with E-state index < -0.39 is 34.6 Å². The van der Waals surface area contributed by atoms with Crippen molar-refractivity contribution in [1.82, 2.24) is 4.90 Å². The van der Waals surface area contributed by atoms with Gasteiger partial charge in [-0.3, -0.25) is 14.4 Å². The zero-order valence-electron chi connectivity index (χ0n) is 21.2. The van der Waals surface area contributed by atoms with Crippen LogP contribution in [0.25, 0.3) is 0 Å². The number of esters is 1. The highest BCUT2D eigenvalue weighted by atomic mass is 35.5. The van der Waals surface area contributed by atoms with Crippen molar-refractivity contribution in [3.05, 3.63) is 89.5 Å². The van der Waals surface area contributed by atoms with Crippen molar-refractivity contribution in [2.45, 2.75) is 34.9 Å². The average Bonchev–Trinajstić information content (AvgIpc) is 3.32. The zero-order chi connectivity index (χ0) is 27.1. The van der Waals surface area contributed by atoms with Crippen molar-refractivity contribution >= 4 is 46.8 Å². The van der Waals surface area contributed by atoms with E-state index in [0.29, 0.717) is 23.6 Å². The van der Waals surface area contributed by atoms with E-state index >= 15 is 0 Å². The van der Waals surface area contributed by atoms with Crippen LogP contribution in [0.3, 0.4) is 0 Å². The Kier molecular flexibility index (Phi) is 7.04. The second-order valence-electron chi connectivity index (χ2n) is 10.3. The lowest BCUT2D eigenvalue weighted by atomic mass is 9.78. The number of para-hydroxylation sites is 1. The third-order valence-electron chi connectivity index (χ3n) is 8.12. The zero-order valence-corrected chi connectivity index (χ0v) is 22.8. The second kappa shape index (κ2) is 10.5. The fourth-order valence-electron chi connectivity index (χ4n) is 6.46. The number of fused-ring (bicyclic) bond motifs is 2. The van der Waals surface area contributed by atoms with E-state index in [4.69, 9.17) is 16.3 Å². The lowest BCUT2D eigenvalue weighted by Gasteiger charge is -2.38. The molecule has 9 heteroatoms. The van der Waals surface area contributed by atoms with Gasteiger partial charge in [-0.25, -0.2) is 0 Å². The summed E-state index contributed by atoms with van der Waals surface area (Å²) >= 11 is 8.02. The Labute approximate surface area is 236 Å². The van der Waals surface area contributed by atoms with Gasteiger partial charge in [0.2, 0.25) is 5.91 Å². The number of aliphatic hydroxyl groups is 1. The highest BCUT2D eigenvalue weighted by Crippen LogP contribution is 2.61. The topological polar surface area (TPSA) is 87.2 Å². The van der Waals surface area contributed by atoms with Crippen LogP contribution in [0.15, 0.2) is 78.9 Å². The van der Waals surface area contributed by atoms with Crippen LogP contribution in [-0.2, 0) is 25.5 Å². The largest absolute Gasteiger partial charge is 0.465 e. The number of anilines is 1. The van der Waals surface area contributed by atoms with Gasteiger partial charge in [0.15, 0.2) is 0 Å². The molecule has 1 N–H and O–H groups in total. The van der Waals surface area contributed by atoms with Gasteiger partial charge < -0.3 is 19.6 Å². The van der Waals surface area contributed by atoms with Crippen LogP contribution in [0.4, 0.5) is 5.69 Å². The molecular weight excluding hydrogens is 536 g/mol. The molecule has 2 fully saturated rings. The number of thioether (sulfide) groups is 1. The summed E-state index contributed by atoms with van der Waals surface area (Å²) in [5, 5.41) is 10.7. The number of aliphatic hydroxyl groups excluding tert-OH is 1. The molecule has 6 atom stereocenters. The first kappa shape index (κ1) is 26.2. The first-order valence-corrected chi connectivity index (χ1v) is 14.4. The number of ether oxygens (including phenoxy) is 1. The molecule has 0 aromatic heterocycles. The lowest BCUT2D eigenvalue weighted by molar-refractivity contribution is -0.153. The number of hydrogen-bond donors (Lipinski definition) is 1. The number of carbonyl (C=O) groups excluding carboxylic acids is 3. The lowest BCUT2D eigenvalue weighted by Crippen LogP contribution is -2.57. The number of likely N-dealkylation sites (tertiary alicyclic amines) is 1. The van der Waals surface area contributed by atoms with Crippen LogP contribution >= 0.6 is 23.4 Å². The Hall–Kier alpha value is -3.07. The number of nitrogens with zero attached hydrogens (tertiary/aromatic N) is 2. The fourth-order valence-corrected chi connectivity index (χ4v) is 8.69. The van der Waals surface area contributed by atoms with Crippen LogP contribution in [-0.4, -0.2) is 69.6 Å². The Morgan fingerprint density at radius 1 is 1.05 bits per heavy atom. The van der Waals surface area contributed by atoms with Gasteiger partial charge in [0, 0.05) is 11.8 Å². The number of rotatable bonds is 5. The highest BCUT2D eigenvalue weighted by molar-refractivity contribution is 8.02. The summed E-state index contributed by atoms with van der Waals surface area (Å²) in [6.45, 7) is 0.201. The summed E-state index contributed by atoms with van der Waals surface area (Å²) in [5.74, 6) is -2.53. The van der Waals surface area contributed by atoms with E-state index in [1.54, 1.807) is 28.0 Å². The molecule has 6 rings (SSSR count). The van der Waals surface area contributed by atoms with Crippen molar-refractivity contribution in [3.8, 4) is 0 Å². The monoisotopic (exact) mass is 564 g/mol. The Balaban J connectivity index is 1.49. The molecule has 2 aromatic rings. The van der Waals surface area contributed by atoms with E-state index in [0.717, 1.165) is 5.56 Å². The SMILES string of the molecule is O=C1OCCC=C[C@@H]2S[C@]34C=CCN(c5ccccc5Cl)C(=O)C3N([C@@H](CO)Cc3ccccc3)C(=O)[C@@H]4[C@H]12. The van der Waals surface area contributed by atoms with Crippen molar-refractivity contribution < 1.29 is 24.2 Å². The van der Waals surface area contributed by atoms with Gasteiger partial charge in [-0.1, -0.05) is 78.4 Å².